The van der Waals surface area contributed by atoms with Crippen molar-refractivity contribution < 1.29 is 24.2 Å². The predicted octanol–water partition coefficient (Wildman–Crippen LogP) is 6.51. The summed E-state index contributed by atoms with van der Waals surface area (Å²) in [5, 5.41) is 17.7. The van der Waals surface area contributed by atoms with Crippen LogP contribution in [0.25, 0.3) is 10.8 Å². The Kier molecular flexibility index (Phi) is 11.9. The number of hydrogen-bond donors (Lipinski definition) is 3. The number of aliphatic hydroxyl groups is 1. The molecule has 0 saturated carbocycles. The Labute approximate surface area is 249 Å². The molecule has 2 atom stereocenters. The first-order chi connectivity index (χ1) is 20.0. The minimum atomic E-state index is -1.28. The average Bonchev–Trinajstić information content (AvgIpc) is 2.93. The van der Waals surface area contributed by atoms with Crippen molar-refractivity contribution in [1.29, 1.82) is 0 Å². The van der Waals surface area contributed by atoms with E-state index in [4.69, 9.17) is 4.74 Å². The Bertz CT molecular complexity index is 1350. The van der Waals surface area contributed by atoms with Crippen molar-refractivity contribution in [3.8, 4) is 0 Å². The lowest BCUT2D eigenvalue weighted by Crippen LogP contribution is -2.54. The van der Waals surface area contributed by atoms with Gasteiger partial charge >= 0.3 is 6.09 Å². The number of aliphatic hydroxyl groups excluding tert-OH is 1. The number of unbranched alkanes of at least 4 members (excludes halogenated alkanes) is 4. The van der Waals surface area contributed by atoms with Gasteiger partial charge in [0, 0.05) is 12.2 Å². The fourth-order valence-electron chi connectivity index (χ4n) is 4.88. The van der Waals surface area contributed by atoms with Crippen LogP contribution in [0.2, 0.25) is 0 Å². The highest BCUT2D eigenvalue weighted by molar-refractivity contribution is 6.00. The van der Waals surface area contributed by atoms with Gasteiger partial charge in [-0.25, -0.2) is 4.79 Å². The van der Waals surface area contributed by atoms with Crippen LogP contribution in [-0.2, 0) is 14.3 Å². The second-order valence-electron chi connectivity index (χ2n) is 11.7. The van der Waals surface area contributed by atoms with Crippen LogP contribution in [0.15, 0.2) is 66.7 Å². The number of nitrogens with one attached hydrogen (secondary N) is 2. The van der Waals surface area contributed by atoms with Gasteiger partial charge < -0.3 is 25.4 Å². The number of anilines is 1. The molecule has 0 aliphatic carbocycles. The van der Waals surface area contributed by atoms with Gasteiger partial charge in [0.05, 0.1) is 6.61 Å². The van der Waals surface area contributed by atoms with E-state index in [1.807, 2.05) is 73.7 Å². The summed E-state index contributed by atoms with van der Waals surface area (Å²) in [5.74, 6) is -0.939. The summed E-state index contributed by atoms with van der Waals surface area (Å²) in [6.45, 7) is 8.85. The summed E-state index contributed by atoms with van der Waals surface area (Å²) in [7, 11) is 0. The van der Waals surface area contributed by atoms with Gasteiger partial charge in [0.2, 0.25) is 5.91 Å². The van der Waals surface area contributed by atoms with Crippen LogP contribution in [0.5, 0.6) is 0 Å². The van der Waals surface area contributed by atoms with Crippen LogP contribution in [0.4, 0.5) is 10.5 Å². The highest BCUT2D eigenvalue weighted by Gasteiger charge is 2.36. The molecule has 226 valence electrons. The molecule has 3 N–H and O–H groups in total. The largest absolute Gasteiger partial charge is 0.444 e. The van der Waals surface area contributed by atoms with Crippen LogP contribution in [0, 0.1) is 6.92 Å². The molecule has 2 unspecified atom stereocenters. The Balaban J connectivity index is 1.98. The molecule has 0 aliphatic heterocycles. The maximum Gasteiger partial charge on any atom is 0.408 e. The third kappa shape index (κ3) is 9.58. The number of fused-ring (bicyclic) bond motifs is 1. The van der Waals surface area contributed by atoms with E-state index in [1.54, 1.807) is 20.8 Å². The fraction of sp³-hybridized carbons (Fsp3) is 0.441. The summed E-state index contributed by atoms with van der Waals surface area (Å²) in [6.07, 6.45) is 3.91. The molecule has 42 heavy (non-hydrogen) atoms. The molecule has 0 spiro atoms. The fourth-order valence-corrected chi connectivity index (χ4v) is 4.88. The number of alkyl carbamates (subject to hydrolysis) is 1. The van der Waals surface area contributed by atoms with E-state index in [9.17, 15) is 19.5 Å². The van der Waals surface area contributed by atoms with E-state index in [-0.39, 0.29) is 12.5 Å². The standard InChI is InChI=1S/C34H45N3O5/c1-6-7-8-9-12-20-37(32(40)29(23-38)36-33(41)42-34(3,4)5)30(27-17-13-14-24(2)21-27)31(39)35-28-19-18-25-15-10-11-16-26(25)22-28/h10-11,13-19,21-22,29-30,38H,6-9,12,20,23H2,1-5H3,(H,35,39)(H,36,41). The second-order valence-corrected chi connectivity index (χ2v) is 11.7. The minimum Gasteiger partial charge on any atom is -0.444 e. The maximum absolute atomic E-state index is 14.1. The number of benzene rings is 3. The number of carbonyl (C=O) groups is 3. The Morgan fingerprint density at radius 2 is 1.62 bits per heavy atom. The van der Waals surface area contributed by atoms with Gasteiger partial charge in [-0.1, -0.05) is 92.8 Å². The smallest absolute Gasteiger partial charge is 0.408 e. The van der Waals surface area contributed by atoms with Crippen molar-refractivity contribution >= 4 is 34.4 Å². The summed E-state index contributed by atoms with van der Waals surface area (Å²) in [6, 6.07) is 18.8. The predicted molar refractivity (Wildman–Crippen MR) is 167 cm³/mol. The molecule has 0 saturated heterocycles. The molecule has 3 aromatic carbocycles. The first-order valence-electron chi connectivity index (χ1n) is 14.8. The number of aryl methyl sites for hydroxylation is 1. The summed E-state index contributed by atoms with van der Waals surface area (Å²) in [4.78, 5) is 42.2. The third-order valence-corrected chi connectivity index (χ3v) is 6.89. The number of amides is 3. The van der Waals surface area contributed by atoms with Crippen molar-refractivity contribution in [1.82, 2.24) is 10.2 Å². The molecular formula is C34H45N3O5. The Morgan fingerprint density at radius 1 is 0.905 bits per heavy atom. The summed E-state index contributed by atoms with van der Waals surface area (Å²) < 4.78 is 5.34. The van der Waals surface area contributed by atoms with Crippen molar-refractivity contribution in [2.75, 3.05) is 18.5 Å². The zero-order valence-electron chi connectivity index (χ0n) is 25.5. The van der Waals surface area contributed by atoms with Crippen molar-refractivity contribution in [3.63, 3.8) is 0 Å². The number of carbonyl (C=O) groups excluding carboxylic acids is 3. The SMILES string of the molecule is CCCCCCCN(C(=O)C(CO)NC(=O)OC(C)(C)C)C(C(=O)Nc1ccc2ccccc2c1)c1cccc(C)c1. The van der Waals surface area contributed by atoms with Crippen molar-refractivity contribution in [3.05, 3.63) is 77.9 Å². The van der Waals surface area contributed by atoms with Crippen LogP contribution in [-0.4, -0.2) is 52.7 Å². The van der Waals surface area contributed by atoms with Crippen LogP contribution < -0.4 is 10.6 Å². The van der Waals surface area contributed by atoms with E-state index in [1.165, 1.54) is 4.90 Å². The highest BCUT2D eigenvalue weighted by Crippen LogP contribution is 2.27. The normalized spacial score (nSPS) is 12.8. The molecule has 8 nitrogen and oxygen atoms in total. The molecule has 0 heterocycles. The highest BCUT2D eigenvalue weighted by atomic mass is 16.6. The third-order valence-electron chi connectivity index (χ3n) is 6.89. The monoisotopic (exact) mass is 575 g/mol. The van der Waals surface area contributed by atoms with Crippen molar-refractivity contribution in [2.45, 2.75) is 84.4 Å². The molecular weight excluding hydrogens is 530 g/mol. The van der Waals surface area contributed by atoms with Gasteiger partial charge in [-0.3, -0.25) is 9.59 Å². The molecule has 0 aromatic heterocycles. The van der Waals surface area contributed by atoms with E-state index in [0.29, 0.717) is 17.7 Å². The zero-order chi connectivity index (χ0) is 30.7. The van der Waals surface area contributed by atoms with Crippen LogP contribution in [0.1, 0.15) is 77.0 Å². The molecule has 0 radical (unpaired) electrons. The summed E-state index contributed by atoms with van der Waals surface area (Å²) >= 11 is 0. The van der Waals surface area contributed by atoms with E-state index >= 15 is 0 Å². The van der Waals surface area contributed by atoms with E-state index in [0.717, 1.165) is 42.0 Å². The quantitative estimate of drug-likeness (QED) is 0.201. The van der Waals surface area contributed by atoms with Gasteiger partial charge in [-0.05, 0) is 62.6 Å². The van der Waals surface area contributed by atoms with Crippen molar-refractivity contribution in [2.24, 2.45) is 0 Å². The maximum atomic E-state index is 14.1. The first kappa shape index (κ1) is 32.6. The molecule has 3 amide bonds. The number of ether oxygens (including phenoxy) is 1. The van der Waals surface area contributed by atoms with Crippen LogP contribution in [0.3, 0.4) is 0 Å². The number of rotatable bonds is 13. The second kappa shape index (κ2) is 15.4. The number of nitrogens with zero attached hydrogens (tertiary/aromatic N) is 1. The van der Waals surface area contributed by atoms with Gasteiger partial charge in [0.1, 0.15) is 17.7 Å². The number of hydrogen-bond acceptors (Lipinski definition) is 5. The first-order valence-corrected chi connectivity index (χ1v) is 14.8. The van der Waals surface area contributed by atoms with E-state index in [2.05, 4.69) is 17.6 Å². The molecule has 0 bridgehead atoms. The zero-order valence-corrected chi connectivity index (χ0v) is 25.5. The van der Waals surface area contributed by atoms with Gasteiger partial charge in [0.25, 0.3) is 5.91 Å². The Hall–Kier alpha value is -3.91. The molecule has 0 aliphatic rings. The lowest BCUT2D eigenvalue weighted by molar-refractivity contribution is -0.141. The lowest BCUT2D eigenvalue weighted by atomic mass is 10.00. The lowest BCUT2D eigenvalue weighted by Gasteiger charge is -2.34. The molecule has 8 heteroatoms. The van der Waals surface area contributed by atoms with Gasteiger partial charge in [0.15, 0.2) is 0 Å². The topological polar surface area (TPSA) is 108 Å². The minimum absolute atomic E-state index is 0.277. The average molecular weight is 576 g/mol. The van der Waals surface area contributed by atoms with Gasteiger partial charge in [-0.2, -0.15) is 0 Å². The Morgan fingerprint density at radius 3 is 2.29 bits per heavy atom. The van der Waals surface area contributed by atoms with Gasteiger partial charge in [-0.15, -0.1) is 0 Å². The molecule has 0 fully saturated rings. The van der Waals surface area contributed by atoms with Crippen LogP contribution >= 0.6 is 0 Å². The molecule has 3 aromatic rings. The molecule has 3 rings (SSSR count). The van der Waals surface area contributed by atoms with E-state index < -0.39 is 36.3 Å². The summed E-state index contributed by atoms with van der Waals surface area (Å²) in [5.41, 5.74) is 1.41.